The van der Waals surface area contributed by atoms with E-state index in [0.717, 1.165) is 14.9 Å². The summed E-state index contributed by atoms with van der Waals surface area (Å²) in [4.78, 5) is 12.2. The fourth-order valence-corrected chi connectivity index (χ4v) is 2.76. The molecule has 0 aromatic heterocycles. The lowest BCUT2D eigenvalue weighted by Gasteiger charge is -2.25. The van der Waals surface area contributed by atoms with Gasteiger partial charge in [-0.15, -0.1) is 0 Å². The number of rotatable bonds is 2. The average molecular weight is 380 g/mol. The van der Waals surface area contributed by atoms with Crippen LogP contribution in [-0.2, 0) is 0 Å². The number of hydrogen-bond acceptors (Lipinski definition) is 3. The fourth-order valence-electron chi connectivity index (χ4n) is 2.30. The number of benzene rings is 2. The van der Waals surface area contributed by atoms with Gasteiger partial charge in [-0.1, -0.05) is 12.1 Å². The quantitative estimate of drug-likeness (QED) is 0.739. The summed E-state index contributed by atoms with van der Waals surface area (Å²) in [6, 6.07) is 13.3. The Kier molecular flexibility index (Phi) is 3.65. The van der Waals surface area contributed by atoms with Crippen LogP contribution in [0.2, 0.25) is 0 Å². The molecule has 0 saturated carbocycles. The first-order chi connectivity index (χ1) is 9.67. The van der Waals surface area contributed by atoms with Crippen molar-refractivity contribution in [2.45, 2.75) is 12.5 Å². The summed E-state index contributed by atoms with van der Waals surface area (Å²) in [5.41, 5.74) is 1.67. The molecule has 0 fully saturated rings. The van der Waals surface area contributed by atoms with Gasteiger partial charge in [0.05, 0.1) is 19.1 Å². The van der Waals surface area contributed by atoms with Gasteiger partial charge in [0.2, 0.25) is 0 Å². The van der Waals surface area contributed by atoms with E-state index in [1.807, 2.05) is 42.5 Å². The Morgan fingerprint density at radius 1 is 1.20 bits per heavy atom. The first kappa shape index (κ1) is 13.4. The van der Waals surface area contributed by atoms with Crippen molar-refractivity contribution < 1.29 is 14.3 Å². The summed E-state index contributed by atoms with van der Waals surface area (Å²) in [5.74, 6) is 1.60. The summed E-state index contributed by atoms with van der Waals surface area (Å²) in [7, 11) is 1.63. The van der Waals surface area contributed by atoms with Gasteiger partial charge in [-0.05, 0) is 58.5 Å². The lowest BCUT2D eigenvalue weighted by Crippen LogP contribution is -2.20. The topological polar surface area (TPSA) is 35.5 Å². The maximum absolute atomic E-state index is 12.2. The van der Waals surface area contributed by atoms with Gasteiger partial charge in [0.25, 0.3) is 0 Å². The van der Waals surface area contributed by atoms with Crippen LogP contribution in [-0.4, -0.2) is 12.9 Å². The van der Waals surface area contributed by atoms with Gasteiger partial charge in [0.15, 0.2) is 5.78 Å². The van der Waals surface area contributed by atoms with Gasteiger partial charge in [-0.3, -0.25) is 4.79 Å². The maximum atomic E-state index is 12.2. The van der Waals surface area contributed by atoms with E-state index in [-0.39, 0.29) is 11.9 Å². The molecule has 1 heterocycles. The third-order valence-corrected chi connectivity index (χ3v) is 4.04. The molecule has 20 heavy (non-hydrogen) atoms. The van der Waals surface area contributed by atoms with Crippen LogP contribution < -0.4 is 9.47 Å². The van der Waals surface area contributed by atoms with Crippen molar-refractivity contribution >= 4 is 28.4 Å². The predicted molar refractivity (Wildman–Crippen MR) is 84.5 cm³/mol. The van der Waals surface area contributed by atoms with Crippen molar-refractivity contribution in [3.8, 4) is 11.5 Å². The van der Waals surface area contributed by atoms with Crippen molar-refractivity contribution in [1.82, 2.24) is 0 Å². The predicted octanol–water partition coefficient (Wildman–Crippen LogP) is 4.01. The molecule has 0 spiro atoms. The van der Waals surface area contributed by atoms with Crippen LogP contribution in [0.25, 0.3) is 0 Å². The van der Waals surface area contributed by atoms with Crippen LogP contribution in [0.4, 0.5) is 0 Å². The Labute approximate surface area is 131 Å². The molecule has 2 aromatic rings. The largest absolute Gasteiger partial charge is 0.497 e. The molecule has 3 rings (SSSR count). The number of hydrogen-bond donors (Lipinski definition) is 0. The number of methoxy groups -OCH3 is 1. The number of carbonyl (C=O) groups excluding carboxylic acids is 1. The highest BCUT2D eigenvalue weighted by Gasteiger charge is 2.27. The lowest BCUT2D eigenvalue weighted by atomic mass is 9.96. The van der Waals surface area contributed by atoms with Crippen molar-refractivity contribution in [2.75, 3.05) is 7.11 Å². The first-order valence-electron chi connectivity index (χ1n) is 6.31. The summed E-state index contributed by atoms with van der Waals surface area (Å²) < 4.78 is 12.2. The molecule has 1 unspecified atom stereocenters. The zero-order chi connectivity index (χ0) is 14.1. The molecule has 2 aromatic carbocycles. The third-order valence-electron chi connectivity index (χ3n) is 3.37. The van der Waals surface area contributed by atoms with Crippen molar-refractivity contribution in [3.05, 3.63) is 57.2 Å². The average Bonchev–Trinajstić information content (AvgIpc) is 2.46. The molecule has 1 aliphatic rings. The molecule has 4 heteroatoms. The highest BCUT2D eigenvalue weighted by atomic mass is 127. The van der Waals surface area contributed by atoms with Crippen LogP contribution in [0, 0.1) is 3.57 Å². The van der Waals surface area contributed by atoms with Crippen molar-refractivity contribution in [1.29, 1.82) is 0 Å². The molecule has 102 valence electrons. The number of halogens is 1. The van der Waals surface area contributed by atoms with E-state index in [0.29, 0.717) is 17.7 Å². The Hall–Kier alpha value is -1.56. The van der Waals surface area contributed by atoms with Gasteiger partial charge in [-0.2, -0.15) is 0 Å². The SMILES string of the molecule is COc1ccc(C2CC(=O)c3ccc(I)cc3O2)cc1. The van der Waals surface area contributed by atoms with Crippen LogP contribution >= 0.6 is 22.6 Å². The molecule has 0 aliphatic carbocycles. The summed E-state index contributed by atoms with van der Waals surface area (Å²) in [6.07, 6.45) is 0.152. The maximum Gasteiger partial charge on any atom is 0.170 e. The van der Waals surface area contributed by atoms with Crippen molar-refractivity contribution in [2.24, 2.45) is 0 Å². The summed E-state index contributed by atoms with van der Waals surface area (Å²) in [6.45, 7) is 0. The van der Waals surface area contributed by atoms with Crippen LogP contribution in [0.1, 0.15) is 28.4 Å². The van der Waals surface area contributed by atoms with E-state index >= 15 is 0 Å². The third kappa shape index (κ3) is 2.52. The van der Waals surface area contributed by atoms with Gasteiger partial charge < -0.3 is 9.47 Å². The molecule has 3 nitrogen and oxygen atoms in total. The zero-order valence-electron chi connectivity index (χ0n) is 10.9. The first-order valence-corrected chi connectivity index (χ1v) is 7.38. The van der Waals surface area contributed by atoms with E-state index in [1.165, 1.54) is 0 Å². The van der Waals surface area contributed by atoms with Gasteiger partial charge >= 0.3 is 0 Å². The Morgan fingerprint density at radius 2 is 1.95 bits per heavy atom. The molecule has 0 N–H and O–H groups in total. The Bertz CT molecular complexity index is 649. The minimum atomic E-state index is -0.223. The van der Waals surface area contributed by atoms with E-state index in [9.17, 15) is 4.79 Å². The van der Waals surface area contributed by atoms with E-state index in [2.05, 4.69) is 22.6 Å². The second kappa shape index (κ2) is 5.44. The standard InChI is InChI=1S/C16H13IO3/c1-19-12-5-2-10(3-6-12)15-9-14(18)13-7-4-11(17)8-16(13)20-15/h2-8,15H,9H2,1H3. The van der Waals surface area contributed by atoms with E-state index < -0.39 is 0 Å². The number of fused-ring (bicyclic) bond motifs is 1. The van der Waals surface area contributed by atoms with Gasteiger partial charge in [0, 0.05) is 3.57 Å². The van der Waals surface area contributed by atoms with Gasteiger partial charge in [0.1, 0.15) is 17.6 Å². The summed E-state index contributed by atoms with van der Waals surface area (Å²) >= 11 is 2.22. The van der Waals surface area contributed by atoms with E-state index in [4.69, 9.17) is 9.47 Å². The molecule has 0 bridgehead atoms. The smallest absolute Gasteiger partial charge is 0.170 e. The monoisotopic (exact) mass is 380 g/mol. The molecule has 0 saturated heterocycles. The highest BCUT2D eigenvalue weighted by molar-refractivity contribution is 14.1. The normalized spacial score (nSPS) is 17.3. The molecule has 1 atom stereocenters. The molecular weight excluding hydrogens is 367 g/mol. The number of ketones is 1. The minimum Gasteiger partial charge on any atom is -0.497 e. The number of carbonyl (C=O) groups is 1. The van der Waals surface area contributed by atoms with Crippen LogP contribution in [0.15, 0.2) is 42.5 Å². The number of ether oxygens (including phenoxy) is 2. The van der Waals surface area contributed by atoms with E-state index in [1.54, 1.807) is 7.11 Å². The molecular formula is C16H13IO3. The Morgan fingerprint density at radius 3 is 2.65 bits per heavy atom. The molecule has 0 radical (unpaired) electrons. The number of Topliss-reactive ketones (excluding diaryl/α,β-unsaturated/α-hetero) is 1. The van der Waals surface area contributed by atoms with Gasteiger partial charge in [-0.25, -0.2) is 0 Å². The second-order valence-corrected chi connectivity index (χ2v) is 5.89. The molecule has 1 aliphatic heterocycles. The van der Waals surface area contributed by atoms with Crippen LogP contribution in [0.5, 0.6) is 11.5 Å². The molecule has 0 amide bonds. The Balaban J connectivity index is 1.91. The summed E-state index contributed by atoms with van der Waals surface area (Å²) in [5, 5.41) is 0. The fraction of sp³-hybridized carbons (Fsp3) is 0.188. The second-order valence-electron chi connectivity index (χ2n) is 4.65. The van der Waals surface area contributed by atoms with Crippen molar-refractivity contribution in [3.63, 3.8) is 0 Å². The zero-order valence-corrected chi connectivity index (χ0v) is 13.1. The highest BCUT2D eigenvalue weighted by Crippen LogP contribution is 2.36. The lowest BCUT2D eigenvalue weighted by molar-refractivity contribution is 0.0850. The minimum absolute atomic E-state index is 0.128. The van der Waals surface area contributed by atoms with Crippen LogP contribution in [0.3, 0.4) is 0 Å².